The van der Waals surface area contributed by atoms with Gasteiger partial charge in [-0.05, 0) is 19.8 Å². The number of rotatable bonds is 4. The molecule has 4 N–H and O–H groups in total. The minimum absolute atomic E-state index is 0.170. The van der Waals surface area contributed by atoms with Crippen molar-refractivity contribution >= 4 is 17.0 Å². The molecule has 1 aliphatic rings. The number of oxime groups is 1. The first kappa shape index (κ1) is 19.3. The number of anilines is 1. The molecule has 0 bridgehead atoms. The van der Waals surface area contributed by atoms with Gasteiger partial charge in [0.05, 0.1) is 5.60 Å². The highest BCUT2D eigenvalue weighted by Gasteiger charge is 2.41. The lowest BCUT2D eigenvalue weighted by molar-refractivity contribution is -0.0335. The Morgan fingerprint density at radius 1 is 1.10 bits per heavy atom. The third kappa shape index (κ3) is 3.33. The second kappa shape index (κ2) is 7.21. The number of fused-ring (bicyclic) bond motifs is 1. The van der Waals surface area contributed by atoms with Crippen LogP contribution in [0, 0.1) is 0 Å². The molecule has 0 spiro atoms. The minimum Gasteiger partial charge on any atom is -0.410 e. The molecule has 0 aliphatic heterocycles. The van der Waals surface area contributed by atoms with Gasteiger partial charge in [0.15, 0.2) is 0 Å². The smallest absolute Gasteiger partial charge is 0.150 e. The number of nitrogens with zero attached hydrogens (tertiary/aromatic N) is 4. The summed E-state index contributed by atoms with van der Waals surface area (Å²) >= 11 is 0. The molecular weight excluding hydrogens is 390 g/mol. The second-order valence-electron chi connectivity index (χ2n) is 8.34. The zero-order valence-electron chi connectivity index (χ0n) is 17.1. The molecule has 156 valence electrons. The van der Waals surface area contributed by atoms with Gasteiger partial charge >= 0.3 is 0 Å². The molecule has 7 heteroatoms. The Bertz CT molecular complexity index is 1270. The Kier molecular flexibility index (Phi) is 4.48. The van der Waals surface area contributed by atoms with Crippen molar-refractivity contribution in [3.63, 3.8) is 0 Å². The summed E-state index contributed by atoms with van der Waals surface area (Å²) in [7, 11) is 0. The molecule has 0 unspecified atom stereocenters. The van der Waals surface area contributed by atoms with E-state index in [2.05, 4.69) is 10.1 Å². The van der Waals surface area contributed by atoms with Crippen LogP contribution in [0.25, 0.3) is 16.8 Å². The van der Waals surface area contributed by atoms with E-state index < -0.39 is 5.60 Å². The average molecular weight is 413 g/mol. The zero-order valence-corrected chi connectivity index (χ0v) is 17.1. The van der Waals surface area contributed by atoms with E-state index in [-0.39, 0.29) is 5.92 Å². The highest BCUT2D eigenvalue weighted by molar-refractivity contribution is 6.12. The van der Waals surface area contributed by atoms with E-state index in [9.17, 15) is 10.3 Å². The van der Waals surface area contributed by atoms with Crippen molar-refractivity contribution in [1.29, 1.82) is 0 Å². The van der Waals surface area contributed by atoms with Gasteiger partial charge in [-0.3, -0.25) is 4.40 Å². The van der Waals surface area contributed by atoms with Crippen LogP contribution in [-0.4, -0.2) is 36.0 Å². The van der Waals surface area contributed by atoms with Crippen LogP contribution >= 0.6 is 0 Å². The van der Waals surface area contributed by atoms with Crippen molar-refractivity contribution in [2.45, 2.75) is 31.3 Å². The summed E-state index contributed by atoms with van der Waals surface area (Å²) in [6.45, 7) is 1.85. The first-order valence-corrected chi connectivity index (χ1v) is 10.2. The molecule has 5 rings (SSSR count). The Morgan fingerprint density at radius 2 is 1.77 bits per heavy atom. The van der Waals surface area contributed by atoms with Gasteiger partial charge in [-0.15, -0.1) is 0 Å². The number of imidazole rings is 1. The SMILES string of the molecule is CC1(O)CC(c2nc(-c3ccc(C(=NO)c4ccccc4)cc3)c3c(N)nccn23)C1. The van der Waals surface area contributed by atoms with Crippen molar-refractivity contribution in [2.24, 2.45) is 5.16 Å². The summed E-state index contributed by atoms with van der Waals surface area (Å²) in [4.78, 5) is 9.17. The van der Waals surface area contributed by atoms with Gasteiger partial charge in [0, 0.05) is 35.0 Å². The molecule has 1 fully saturated rings. The van der Waals surface area contributed by atoms with Gasteiger partial charge in [-0.1, -0.05) is 59.8 Å². The number of hydrogen-bond donors (Lipinski definition) is 3. The number of nitrogens with two attached hydrogens (primary N) is 1. The number of benzene rings is 2. The molecule has 1 aliphatic carbocycles. The van der Waals surface area contributed by atoms with Gasteiger partial charge in [0.1, 0.15) is 28.6 Å². The lowest BCUT2D eigenvalue weighted by atomic mass is 9.72. The molecule has 7 nitrogen and oxygen atoms in total. The van der Waals surface area contributed by atoms with Gasteiger partial charge < -0.3 is 16.0 Å². The lowest BCUT2D eigenvalue weighted by Gasteiger charge is -2.40. The first-order valence-electron chi connectivity index (χ1n) is 10.2. The van der Waals surface area contributed by atoms with Crippen LogP contribution in [0.3, 0.4) is 0 Å². The maximum Gasteiger partial charge on any atom is 0.150 e. The molecule has 0 atom stereocenters. The van der Waals surface area contributed by atoms with Crippen LogP contribution < -0.4 is 5.73 Å². The molecule has 0 radical (unpaired) electrons. The largest absolute Gasteiger partial charge is 0.410 e. The minimum atomic E-state index is -0.644. The molecule has 4 aromatic rings. The molecule has 1 saturated carbocycles. The van der Waals surface area contributed by atoms with Crippen molar-refractivity contribution in [3.05, 3.63) is 83.9 Å². The van der Waals surface area contributed by atoms with Crippen LogP contribution in [0.1, 0.15) is 42.6 Å². The summed E-state index contributed by atoms with van der Waals surface area (Å²) in [5.74, 6) is 1.47. The Balaban J connectivity index is 1.56. The lowest BCUT2D eigenvalue weighted by Crippen LogP contribution is -2.40. The van der Waals surface area contributed by atoms with E-state index in [1.165, 1.54) is 0 Å². The summed E-state index contributed by atoms with van der Waals surface area (Å²) in [5, 5.41) is 23.3. The standard InChI is InChI=1S/C24H23N5O2/c1-24(30)13-18(14-24)23-27-20(21-22(25)26-11-12-29(21)23)17-9-7-16(8-10-17)19(28-31)15-5-3-2-4-6-15/h2-12,18,30-31H,13-14H2,1H3,(H2,25,26). The van der Waals surface area contributed by atoms with Crippen molar-refractivity contribution in [3.8, 4) is 11.3 Å². The molecule has 2 heterocycles. The molecule has 31 heavy (non-hydrogen) atoms. The van der Waals surface area contributed by atoms with Crippen molar-refractivity contribution in [2.75, 3.05) is 5.73 Å². The van der Waals surface area contributed by atoms with E-state index in [1.54, 1.807) is 6.20 Å². The fourth-order valence-electron chi connectivity index (χ4n) is 4.42. The summed E-state index contributed by atoms with van der Waals surface area (Å²) in [6, 6.07) is 17.2. The van der Waals surface area contributed by atoms with Crippen molar-refractivity contribution < 1.29 is 10.3 Å². The number of aliphatic hydroxyl groups is 1. The van der Waals surface area contributed by atoms with Gasteiger partial charge in [-0.2, -0.15) is 0 Å². The number of aromatic nitrogens is 3. The van der Waals surface area contributed by atoms with E-state index in [0.717, 1.165) is 33.7 Å². The first-order chi connectivity index (χ1) is 15.0. The van der Waals surface area contributed by atoms with Crippen molar-refractivity contribution in [1.82, 2.24) is 14.4 Å². The molecular formula is C24H23N5O2. The second-order valence-corrected chi connectivity index (χ2v) is 8.34. The third-order valence-electron chi connectivity index (χ3n) is 5.93. The monoisotopic (exact) mass is 413 g/mol. The Morgan fingerprint density at radius 3 is 2.42 bits per heavy atom. The fourth-order valence-corrected chi connectivity index (χ4v) is 4.42. The summed E-state index contributed by atoms with van der Waals surface area (Å²) in [6.07, 6.45) is 4.87. The summed E-state index contributed by atoms with van der Waals surface area (Å²) < 4.78 is 1.98. The van der Waals surface area contributed by atoms with Crippen LogP contribution in [0.4, 0.5) is 5.82 Å². The Labute approximate surface area is 179 Å². The summed E-state index contributed by atoms with van der Waals surface area (Å²) in [5.41, 5.74) is 10.1. The predicted octanol–water partition coefficient (Wildman–Crippen LogP) is 3.83. The predicted molar refractivity (Wildman–Crippen MR) is 119 cm³/mol. The molecule has 2 aromatic heterocycles. The fraction of sp³-hybridized carbons (Fsp3) is 0.208. The van der Waals surface area contributed by atoms with E-state index in [1.807, 2.05) is 72.1 Å². The highest BCUT2D eigenvalue weighted by Crippen LogP contribution is 2.45. The van der Waals surface area contributed by atoms with Gasteiger partial charge in [0.25, 0.3) is 0 Å². The highest BCUT2D eigenvalue weighted by atomic mass is 16.4. The van der Waals surface area contributed by atoms with E-state index in [4.69, 9.17) is 10.7 Å². The molecule has 0 amide bonds. The van der Waals surface area contributed by atoms with E-state index in [0.29, 0.717) is 24.4 Å². The van der Waals surface area contributed by atoms with Crippen LogP contribution in [0.2, 0.25) is 0 Å². The maximum absolute atomic E-state index is 10.2. The maximum atomic E-state index is 10.2. The van der Waals surface area contributed by atoms with Gasteiger partial charge in [0.2, 0.25) is 0 Å². The number of hydrogen-bond acceptors (Lipinski definition) is 6. The Hall–Kier alpha value is -3.71. The molecule has 0 saturated heterocycles. The zero-order chi connectivity index (χ0) is 21.6. The van der Waals surface area contributed by atoms with E-state index >= 15 is 0 Å². The normalized spacial score (nSPS) is 21.2. The molecule has 2 aromatic carbocycles. The average Bonchev–Trinajstić information content (AvgIpc) is 3.14. The quantitative estimate of drug-likeness (QED) is 0.268. The van der Waals surface area contributed by atoms with Crippen LogP contribution in [0.5, 0.6) is 0 Å². The van der Waals surface area contributed by atoms with Crippen LogP contribution in [-0.2, 0) is 0 Å². The third-order valence-corrected chi connectivity index (χ3v) is 5.93. The van der Waals surface area contributed by atoms with Crippen LogP contribution in [0.15, 0.2) is 72.1 Å². The topological polar surface area (TPSA) is 109 Å². The van der Waals surface area contributed by atoms with Gasteiger partial charge in [-0.25, -0.2) is 9.97 Å². The number of nitrogen functional groups attached to an aromatic ring is 1.